The Kier molecular flexibility index (Phi) is 8.45. The summed E-state index contributed by atoms with van der Waals surface area (Å²) in [6, 6.07) is 19.5. The Hall–Kier alpha value is -4.10. The number of aromatic nitrogens is 2. The van der Waals surface area contributed by atoms with Gasteiger partial charge in [0.15, 0.2) is 5.82 Å². The molecule has 1 atom stereocenters. The highest BCUT2D eigenvalue weighted by molar-refractivity contribution is 8.23. The second kappa shape index (κ2) is 12.2. The van der Waals surface area contributed by atoms with Crippen LogP contribution in [0.4, 0.5) is 25.1 Å². The molecule has 41 heavy (non-hydrogen) atoms. The first-order chi connectivity index (χ1) is 19.7. The van der Waals surface area contributed by atoms with Crippen molar-refractivity contribution < 1.29 is 32.2 Å². The van der Waals surface area contributed by atoms with Crippen LogP contribution in [-0.2, 0) is 10.5 Å². The van der Waals surface area contributed by atoms with Gasteiger partial charge in [0.2, 0.25) is 0 Å². The fourth-order valence-corrected chi connectivity index (χ4v) is 5.68. The summed E-state index contributed by atoms with van der Waals surface area (Å²) in [7, 11) is -3.64. The van der Waals surface area contributed by atoms with E-state index in [0.717, 1.165) is 12.1 Å². The molecule has 214 valence electrons. The molecule has 1 aliphatic heterocycles. The number of benzene rings is 3. The van der Waals surface area contributed by atoms with Crippen LogP contribution in [0.1, 0.15) is 12.6 Å². The zero-order valence-corrected chi connectivity index (χ0v) is 22.9. The van der Waals surface area contributed by atoms with E-state index in [-0.39, 0.29) is 22.4 Å². The predicted octanol–water partition coefficient (Wildman–Crippen LogP) is 6.57. The first kappa shape index (κ1) is 28.4. The van der Waals surface area contributed by atoms with Crippen LogP contribution in [0.25, 0.3) is 11.4 Å². The largest absolute Gasteiger partial charge is 0.417 e. The van der Waals surface area contributed by atoms with Crippen molar-refractivity contribution in [3.05, 3.63) is 96.2 Å². The van der Waals surface area contributed by atoms with Gasteiger partial charge in [-0.25, -0.2) is 23.5 Å². The van der Waals surface area contributed by atoms with Crippen molar-refractivity contribution in [1.29, 1.82) is 0 Å². The second-order valence-electron chi connectivity index (χ2n) is 9.48. The first-order valence-corrected chi connectivity index (χ1v) is 14.5. The van der Waals surface area contributed by atoms with Crippen molar-refractivity contribution in [1.82, 2.24) is 9.97 Å². The van der Waals surface area contributed by atoms with Gasteiger partial charge in [-0.2, -0.15) is 10.6 Å². The number of hydrogen-bond donors (Lipinski definition) is 3. The quantitative estimate of drug-likeness (QED) is 0.224. The van der Waals surface area contributed by atoms with Crippen LogP contribution in [-0.4, -0.2) is 51.0 Å². The normalized spacial score (nSPS) is 15.8. The highest BCUT2D eigenvalue weighted by atomic mass is 32.3. The minimum absolute atomic E-state index is 0.000717. The van der Waals surface area contributed by atoms with Crippen molar-refractivity contribution in [3.8, 4) is 17.1 Å². The molecule has 0 aliphatic carbocycles. The summed E-state index contributed by atoms with van der Waals surface area (Å²) in [5.74, 6) is -0.934. The number of halogens is 2. The number of ether oxygens (including phenoxy) is 2. The molecule has 1 saturated heterocycles. The van der Waals surface area contributed by atoms with Crippen molar-refractivity contribution in [2.45, 2.75) is 23.6 Å². The maximum Gasteiger partial charge on any atom is 0.417 e. The van der Waals surface area contributed by atoms with E-state index in [9.17, 15) is 22.7 Å². The molecule has 1 amide bonds. The van der Waals surface area contributed by atoms with Crippen LogP contribution in [0.2, 0.25) is 0 Å². The van der Waals surface area contributed by atoms with Gasteiger partial charge >= 0.3 is 6.09 Å². The van der Waals surface area contributed by atoms with Gasteiger partial charge in [-0.1, -0.05) is 18.2 Å². The van der Waals surface area contributed by atoms with Crippen LogP contribution < -0.4 is 15.0 Å². The summed E-state index contributed by atoms with van der Waals surface area (Å²) >= 11 is 0. The Labute approximate surface area is 237 Å². The molecule has 0 radical (unpaired) electrons. The number of para-hydroxylation sites is 1. The molecule has 1 fully saturated rings. The van der Waals surface area contributed by atoms with E-state index in [1.54, 1.807) is 54.6 Å². The Morgan fingerprint density at radius 1 is 1.05 bits per heavy atom. The van der Waals surface area contributed by atoms with E-state index in [2.05, 4.69) is 10.3 Å². The molecule has 0 unspecified atom stereocenters. The van der Waals surface area contributed by atoms with Crippen LogP contribution >= 0.6 is 10.6 Å². The fourth-order valence-electron chi connectivity index (χ4n) is 4.35. The maximum atomic E-state index is 13.8. The van der Waals surface area contributed by atoms with E-state index >= 15 is 0 Å². The lowest BCUT2D eigenvalue weighted by Crippen LogP contribution is -2.44. The Morgan fingerprint density at radius 2 is 1.76 bits per heavy atom. The molecule has 0 saturated carbocycles. The van der Waals surface area contributed by atoms with Gasteiger partial charge in [-0.15, -0.1) is 0 Å². The third-order valence-electron chi connectivity index (χ3n) is 6.33. The highest BCUT2D eigenvalue weighted by Gasteiger charge is 2.25. The lowest BCUT2D eigenvalue weighted by Gasteiger charge is -2.35. The zero-order chi connectivity index (χ0) is 29.0. The van der Waals surface area contributed by atoms with E-state index in [1.807, 2.05) is 17.9 Å². The van der Waals surface area contributed by atoms with Crippen LogP contribution in [0, 0.1) is 11.6 Å². The summed E-state index contributed by atoms with van der Waals surface area (Å²) in [5, 5.41) is 2.66. The number of carbonyl (C=O) groups is 1. The molecule has 0 bridgehead atoms. The predicted molar refractivity (Wildman–Crippen MR) is 152 cm³/mol. The molecule has 0 spiro atoms. The summed E-state index contributed by atoms with van der Waals surface area (Å²) in [4.78, 5) is 23.3. The maximum absolute atomic E-state index is 13.8. The number of hydrogen-bond acceptors (Lipinski definition) is 8. The molecule has 3 aromatic carbocycles. The third-order valence-corrected chi connectivity index (χ3v) is 8.02. The SMILES string of the molecule is C[C@H]1COCCN1c1cc(CS(O)(O)c2cc(F)cc(F)c2)nc(-c2ccc(NC(=O)Oc3ccccc3)cc2)n1. The summed E-state index contributed by atoms with van der Waals surface area (Å²) in [6.07, 6.45) is -0.648. The van der Waals surface area contributed by atoms with Gasteiger partial charge in [0.1, 0.15) is 23.2 Å². The molecule has 3 N–H and O–H groups in total. The average Bonchev–Trinajstić information content (AvgIpc) is 2.93. The molecular formula is C29H28F2N4O5S. The Morgan fingerprint density at radius 3 is 2.44 bits per heavy atom. The minimum Gasteiger partial charge on any atom is -0.410 e. The number of carbonyl (C=O) groups excluding carboxylic acids is 1. The van der Waals surface area contributed by atoms with Crippen molar-refractivity contribution >= 4 is 28.2 Å². The van der Waals surface area contributed by atoms with Crippen LogP contribution in [0.3, 0.4) is 0 Å². The molecule has 1 aliphatic rings. The highest BCUT2D eigenvalue weighted by Crippen LogP contribution is 2.51. The molecule has 9 nitrogen and oxygen atoms in total. The Bertz CT molecular complexity index is 1510. The zero-order valence-electron chi connectivity index (χ0n) is 22.0. The van der Waals surface area contributed by atoms with Crippen molar-refractivity contribution in [2.75, 3.05) is 30.0 Å². The molecule has 4 aromatic rings. The van der Waals surface area contributed by atoms with Crippen LogP contribution in [0.5, 0.6) is 5.75 Å². The average molecular weight is 583 g/mol. The van der Waals surface area contributed by atoms with Gasteiger partial charge < -0.3 is 14.4 Å². The summed E-state index contributed by atoms with van der Waals surface area (Å²) < 4.78 is 60.2. The number of morpholine rings is 1. The van der Waals surface area contributed by atoms with E-state index in [0.29, 0.717) is 54.5 Å². The van der Waals surface area contributed by atoms with Crippen molar-refractivity contribution in [3.63, 3.8) is 0 Å². The summed E-state index contributed by atoms with van der Waals surface area (Å²) in [5.41, 5.74) is 1.36. The standard InChI is InChI=1S/C29H28F2N4O5S/c1-19-17-39-12-11-35(19)27-16-24(18-41(37,38)26-14-21(30)13-22(31)15-26)32-28(34-27)20-7-9-23(10-8-20)33-29(36)40-25-5-3-2-4-6-25/h2-10,13-16,19,37-38H,11-12,17-18H2,1H3,(H,33,36)/t19-/m0/s1. The number of nitrogens with zero attached hydrogens (tertiary/aromatic N) is 3. The number of amides is 1. The minimum atomic E-state index is -3.64. The van der Waals surface area contributed by atoms with Gasteiger partial charge in [0.05, 0.1) is 35.6 Å². The molecule has 1 aromatic heterocycles. The van der Waals surface area contributed by atoms with Crippen LogP contribution in [0.15, 0.2) is 83.8 Å². The van der Waals surface area contributed by atoms with Gasteiger partial charge in [0.25, 0.3) is 0 Å². The van der Waals surface area contributed by atoms with E-state index in [4.69, 9.17) is 14.5 Å². The molecule has 12 heteroatoms. The first-order valence-electron chi connectivity index (χ1n) is 12.7. The van der Waals surface area contributed by atoms with Crippen molar-refractivity contribution in [2.24, 2.45) is 0 Å². The second-order valence-corrected chi connectivity index (χ2v) is 11.6. The van der Waals surface area contributed by atoms with E-state index in [1.165, 1.54) is 0 Å². The lowest BCUT2D eigenvalue weighted by atomic mass is 10.2. The lowest BCUT2D eigenvalue weighted by molar-refractivity contribution is 0.0985. The third kappa shape index (κ3) is 7.16. The van der Waals surface area contributed by atoms with Gasteiger partial charge in [-0.05, 0) is 55.5 Å². The molecular weight excluding hydrogens is 554 g/mol. The van der Waals surface area contributed by atoms with Gasteiger partial charge in [-0.3, -0.25) is 14.4 Å². The molecule has 2 heterocycles. The topological polar surface area (TPSA) is 117 Å². The fraction of sp³-hybridized carbons (Fsp3) is 0.207. The summed E-state index contributed by atoms with van der Waals surface area (Å²) in [6.45, 7) is 3.54. The Balaban J connectivity index is 1.42. The number of rotatable bonds is 7. The van der Waals surface area contributed by atoms with Gasteiger partial charge in [0, 0.05) is 29.9 Å². The molecule has 5 rings (SSSR count). The monoisotopic (exact) mass is 582 g/mol. The van der Waals surface area contributed by atoms with E-state index < -0.39 is 28.3 Å². The smallest absolute Gasteiger partial charge is 0.410 e. The number of nitrogens with one attached hydrogen (secondary N) is 1. The number of anilines is 2.